The summed E-state index contributed by atoms with van der Waals surface area (Å²) in [5, 5.41) is 10.9. The van der Waals surface area contributed by atoms with Crippen LogP contribution < -0.4 is 11.1 Å². The molecule has 2 heterocycles. The zero-order chi connectivity index (χ0) is 23.5. The minimum absolute atomic E-state index is 0.599. The second-order valence-electron chi connectivity index (χ2n) is 7.96. The highest BCUT2D eigenvalue weighted by atomic mass is 16.5. The Hall–Kier alpha value is -3.48. The lowest BCUT2D eigenvalue weighted by atomic mass is 9.99. The van der Waals surface area contributed by atoms with Crippen LogP contribution in [0.15, 0.2) is 78.8 Å². The molecular formula is C27H33N5O. The monoisotopic (exact) mass is 443 g/mol. The summed E-state index contributed by atoms with van der Waals surface area (Å²) < 4.78 is 5.41. The summed E-state index contributed by atoms with van der Waals surface area (Å²) in [6, 6.07) is 7.71. The molecule has 0 bridgehead atoms. The average Bonchev–Trinajstić information content (AvgIpc) is 2.85. The minimum Gasteiger partial charge on any atom is -0.398 e. The van der Waals surface area contributed by atoms with Crippen LogP contribution in [0.5, 0.6) is 0 Å². The summed E-state index contributed by atoms with van der Waals surface area (Å²) in [5.74, 6) is 0. The Morgan fingerprint density at radius 2 is 2.06 bits per heavy atom. The number of allylic oxidation sites excluding steroid dienone is 3. The number of hydrogen-bond donors (Lipinski definition) is 3. The molecule has 1 aromatic carbocycles. The predicted octanol–water partition coefficient (Wildman–Crippen LogP) is 4.28. The van der Waals surface area contributed by atoms with Crippen LogP contribution in [0.25, 0.3) is 17.2 Å². The second kappa shape index (κ2) is 12.5. The molecule has 1 aliphatic rings. The molecule has 0 atom stereocenters. The second-order valence-corrected chi connectivity index (χ2v) is 7.96. The van der Waals surface area contributed by atoms with Gasteiger partial charge in [-0.05, 0) is 48.4 Å². The van der Waals surface area contributed by atoms with Crippen LogP contribution in [0.1, 0.15) is 18.1 Å². The Bertz CT molecular complexity index is 1050. The lowest BCUT2D eigenvalue weighted by Gasteiger charge is -2.26. The molecule has 2 aromatic rings. The van der Waals surface area contributed by atoms with Gasteiger partial charge in [0, 0.05) is 67.3 Å². The molecule has 1 fully saturated rings. The standard InChI is InChI=1S/C27H33N5O/c1-3-25(8-6-21(2)20-32-13-15-33-16-14-32)31-11-4-5-23-19-30-12-10-26(23)22-7-9-27(29)24(17-22)18-28/h3-10,12,17-19,28,31H,1,11,13-16,20,29H2,2H3/b5-4+,21-6+,25-8+,28-18?. The van der Waals surface area contributed by atoms with Gasteiger partial charge in [0.2, 0.25) is 0 Å². The van der Waals surface area contributed by atoms with Gasteiger partial charge < -0.3 is 21.2 Å². The first kappa shape index (κ1) is 24.2. The number of aromatic nitrogens is 1. The van der Waals surface area contributed by atoms with E-state index in [-0.39, 0.29) is 0 Å². The number of anilines is 1. The van der Waals surface area contributed by atoms with Crippen LogP contribution in [0.4, 0.5) is 5.69 Å². The quantitative estimate of drug-likeness (QED) is 0.290. The van der Waals surface area contributed by atoms with Gasteiger partial charge in [-0.25, -0.2) is 0 Å². The van der Waals surface area contributed by atoms with Gasteiger partial charge in [-0.3, -0.25) is 9.88 Å². The molecule has 0 saturated carbocycles. The van der Waals surface area contributed by atoms with Crippen LogP contribution in [-0.4, -0.2) is 55.5 Å². The zero-order valence-electron chi connectivity index (χ0n) is 19.3. The van der Waals surface area contributed by atoms with Crippen molar-refractivity contribution < 1.29 is 4.74 Å². The fraction of sp³-hybridized carbons (Fsp3) is 0.259. The van der Waals surface area contributed by atoms with Crippen molar-refractivity contribution in [2.75, 3.05) is 45.1 Å². The first-order valence-corrected chi connectivity index (χ1v) is 11.2. The van der Waals surface area contributed by atoms with Crippen molar-refractivity contribution in [2.24, 2.45) is 0 Å². The molecule has 1 saturated heterocycles. The van der Waals surface area contributed by atoms with Crippen molar-refractivity contribution in [1.29, 1.82) is 5.41 Å². The number of nitrogens with zero attached hydrogens (tertiary/aromatic N) is 2. The summed E-state index contributed by atoms with van der Waals surface area (Å²) in [7, 11) is 0. The normalized spacial score (nSPS) is 15.5. The Labute approximate surface area is 196 Å². The van der Waals surface area contributed by atoms with Gasteiger partial charge >= 0.3 is 0 Å². The van der Waals surface area contributed by atoms with E-state index < -0.39 is 0 Å². The molecular weight excluding hydrogens is 410 g/mol. The highest BCUT2D eigenvalue weighted by molar-refractivity contribution is 5.88. The number of nitrogens with one attached hydrogen (secondary N) is 2. The Morgan fingerprint density at radius 3 is 2.82 bits per heavy atom. The fourth-order valence-corrected chi connectivity index (χ4v) is 3.63. The highest BCUT2D eigenvalue weighted by Crippen LogP contribution is 2.26. The molecule has 3 rings (SSSR count). The van der Waals surface area contributed by atoms with Gasteiger partial charge in [0.05, 0.1) is 13.2 Å². The third-order valence-corrected chi connectivity index (χ3v) is 5.47. The molecule has 0 amide bonds. The van der Waals surface area contributed by atoms with E-state index >= 15 is 0 Å². The van der Waals surface area contributed by atoms with E-state index in [1.165, 1.54) is 11.8 Å². The van der Waals surface area contributed by atoms with Crippen molar-refractivity contribution in [3.05, 3.63) is 89.9 Å². The number of nitrogen functional groups attached to an aromatic ring is 1. The van der Waals surface area contributed by atoms with Crippen molar-refractivity contribution in [3.8, 4) is 11.1 Å². The maximum atomic E-state index is 7.55. The lowest BCUT2D eigenvalue weighted by Crippen LogP contribution is -2.37. The number of morpholine rings is 1. The maximum absolute atomic E-state index is 7.55. The Kier molecular flexibility index (Phi) is 9.18. The van der Waals surface area contributed by atoms with E-state index in [9.17, 15) is 0 Å². The lowest BCUT2D eigenvalue weighted by molar-refractivity contribution is 0.0423. The van der Waals surface area contributed by atoms with E-state index in [0.717, 1.165) is 55.2 Å². The van der Waals surface area contributed by atoms with Gasteiger partial charge in [-0.15, -0.1) is 0 Å². The van der Waals surface area contributed by atoms with Gasteiger partial charge in [0.25, 0.3) is 0 Å². The van der Waals surface area contributed by atoms with Crippen LogP contribution in [-0.2, 0) is 4.74 Å². The first-order chi connectivity index (χ1) is 16.1. The largest absolute Gasteiger partial charge is 0.398 e. The Morgan fingerprint density at radius 1 is 1.24 bits per heavy atom. The third-order valence-electron chi connectivity index (χ3n) is 5.47. The molecule has 172 valence electrons. The minimum atomic E-state index is 0.599. The SMILES string of the molecule is C=C/C(=C\C=C(/C)CN1CCOCC1)NC/C=C/c1cnccc1-c1ccc(N)c(C=N)c1. The molecule has 0 spiro atoms. The van der Waals surface area contributed by atoms with E-state index in [0.29, 0.717) is 17.8 Å². The van der Waals surface area contributed by atoms with E-state index in [4.69, 9.17) is 15.9 Å². The highest BCUT2D eigenvalue weighted by Gasteiger charge is 2.09. The number of nitrogens with two attached hydrogens (primary N) is 1. The van der Waals surface area contributed by atoms with Crippen LogP contribution in [0.2, 0.25) is 0 Å². The molecule has 1 aromatic heterocycles. The molecule has 0 aliphatic carbocycles. The van der Waals surface area contributed by atoms with Gasteiger partial charge in [-0.2, -0.15) is 0 Å². The molecule has 4 N–H and O–H groups in total. The number of ether oxygens (including phenoxy) is 1. The molecule has 6 nitrogen and oxygen atoms in total. The van der Waals surface area contributed by atoms with E-state index in [1.807, 2.05) is 36.5 Å². The van der Waals surface area contributed by atoms with Gasteiger partial charge in [-0.1, -0.05) is 36.4 Å². The third kappa shape index (κ3) is 7.27. The van der Waals surface area contributed by atoms with Crippen LogP contribution >= 0.6 is 0 Å². The topological polar surface area (TPSA) is 87.3 Å². The fourth-order valence-electron chi connectivity index (χ4n) is 3.63. The zero-order valence-corrected chi connectivity index (χ0v) is 19.3. The number of rotatable bonds is 10. The van der Waals surface area contributed by atoms with Crippen LogP contribution in [0.3, 0.4) is 0 Å². The Balaban J connectivity index is 1.61. The number of benzene rings is 1. The molecule has 1 aliphatic heterocycles. The molecule has 0 radical (unpaired) electrons. The molecule has 0 unspecified atom stereocenters. The average molecular weight is 444 g/mol. The number of hydrogen-bond acceptors (Lipinski definition) is 6. The molecule has 33 heavy (non-hydrogen) atoms. The maximum Gasteiger partial charge on any atom is 0.0594 e. The predicted molar refractivity (Wildman–Crippen MR) is 138 cm³/mol. The molecule has 6 heteroatoms. The summed E-state index contributed by atoms with van der Waals surface area (Å²) in [5.41, 5.74) is 12.6. The van der Waals surface area contributed by atoms with Crippen molar-refractivity contribution in [2.45, 2.75) is 6.92 Å². The smallest absolute Gasteiger partial charge is 0.0594 e. The van der Waals surface area contributed by atoms with Gasteiger partial charge in [0.1, 0.15) is 0 Å². The van der Waals surface area contributed by atoms with Crippen molar-refractivity contribution in [3.63, 3.8) is 0 Å². The number of pyridine rings is 1. The van der Waals surface area contributed by atoms with Crippen molar-refractivity contribution >= 4 is 18.0 Å². The summed E-state index contributed by atoms with van der Waals surface area (Å²) in [6.07, 6.45) is 15.1. The van der Waals surface area contributed by atoms with Gasteiger partial charge in [0.15, 0.2) is 0 Å². The van der Waals surface area contributed by atoms with E-state index in [1.54, 1.807) is 6.20 Å². The van der Waals surface area contributed by atoms with Crippen molar-refractivity contribution in [1.82, 2.24) is 15.2 Å². The summed E-state index contributed by atoms with van der Waals surface area (Å²) >= 11 is 0. The summed E-state index contributed by atoms with van der Waals surface area (Å²) in [6.45, 7) is 11.3. The van der Waals surface area contributed by atoms with Crippen LogP contribution in [0, 0.1) is 5.41 Å². The first-order valence-electron chi connectivity index (χ1n) is 11.2. The summed E-state index contributed by atoms with van der Waals surface area (Å²) in [4.78, 5) is 6.68. The van der Waals surface area contributed by atoms with E-state index in [2.05, 4.69) is 53.0 Å².